The molecule has 0 aliphatic carbocycles. The van der Waals surface area contributed by atoms with Crippen LogP contribution >= 0.6 is 0 Å². The summed E-state index contributed by atoms with van der Waals surface area (Å²) in [6.07, 6.45) is 66.1. The molecule has 0 saturated heterocycles. The number of hydrogen-bond acceptors (Lipinski definition) is 6. The third kappa shape index (κ3) is 49.9. The van der Waals surface area contributed by atoms with E-state index in [0.717, 1.165) is 109 Å². The van der Waals surface area contributed by atoms with E-state index in [1.807, 2.05) is 0 Å². The lowest BCUT2D eigenvalue weighted by atomic mass is 10.0. The molecule has 0 aromatic rings. The zero-order chi connectivity index (χ0) is 46.5. The highest BCUT2D eigenvalue weighted by Gasteiger charge is 2.19. The summed E-state index contributed by atoms with van der Waals surface area (Å²) in [5.41, 5.74) is 0. The summed E-state index contributed by atoms with van der Waals surface area (Å²) >= 11 is 0. The molecule has 64 heavy (non-hydrogen) atoms. The molecule has 1 unspecified atom stereocenters. The van der Waals surface area contributed by atoms with Crippen LogP contribution in [0.5, 0.6) is 0 Å². The van der Waals surface area contributed by atoms with Crippen molar-refractivity contribution in [2.45, 2.75) is 264 Å². The maximum atomic E-state index is 12.8. The van der Waals surface area contributed by atoms with E-state index in [0.29, 0.717) is 19.3 Å². The van der Waals surface area contributed by atoms with Crippen LogP contribution in [0.4, 0.5) is 0 Å². The van der Waals surface area contributed by atoms with Crippen LogP contribution in [0.15, 0.2) is 72.9 Å². The smallest absolute Gasteiger partial charge is 0.306 e. The lowest BCUT2D eigenvalue weighted by molar-refractivity contribution is -0.167. The maximum Gasteiger partial charge on any atom is 0.306 e. The second kappa shape index (κ2) is 52.5. The number of allylic oxidation sites excluding steroid dienone is 12. The highest BCUT2D eigenvalue weighted by molar-refractivity contribution is 5.71. The molecule has 0 aliphatic rings. The zero-order valence-corrected chi connectivity index (χ0v) is 42.0. The molecule has 0 fully saturated rings. The molecule has 368 valence electrons. The van der Waals surface area contributed by atoms with E-state index < -0.39 is 6.10 Å². The number of unbranched alkanes of at least 4 members (excludes halogenated alkanes) is 25. The van der Waals surface area contributed by atoms with Crippen LogP contribution in [0.3, 0.4) is 0 Å². The van der Waals surface area contributed by atoms with Gasteiger partial charge in [0, 0.05) is 19.3 Å². The van der Waals surface area contributed by atoms with Gasteiger partial charge in [0.1, 0.15) is 13.2 Å². The lowest BCUT2D eigenvalue weighted by Gasteiger charge is -2.18. The van der Waals surface area contributed by atoms with Gasteiger partial charge in [0.05, 0.1) is 0 Å². The van der Waals surface area contributed by atoms with E-state index in [1.165, 1.54) is 109 Å². The first kappa shape index (κ1) is 60.9. The van der Waals surface area contributed by atoms with Gasteiger partial charge in [-0.15, -0.1) is 0 Å². The third-order valence-corrected chi connectivity index (χ3v) is 11.4. The Hall–Kier alpha value is -3.15. The number of rotatable bonds is 48. The van der Waals surface area contributed by atoms with Gasteiger partial charge < -0.3 is 14.2 Å². The van der Waals surface area contributed by atoms with Gasteiger partial charge in [-0.2, -0.15) is 0 Å². The molecule has 0 N–H and O–H groups in total. The van der Waals surface area contributed by atoms with Gasteiger partial charge in [-0.25, -0.2) is 0 Å². The van der Waals surface area contributed by atoms with E-state index in [4.69, 9.17) is 14.2 Å². The van der Waals surface area contributed by atoms with Crippen molar-refractivity contribution in [3.63, 3.8) is 0 Å². The molecular weight excluding hydrogens is 793 g/mol. The second-order valence-corrected chi connectivity index (χ2v) is 17.8. The summed E-state index contributed by atoms with van der Waals surface area (Å²) < 4.78 is 16.8. The normalized spacial score (nSPS) is 12.6. The number of hydrogen-bond donors (Lipinski definition) is 0. The van der Waals surface area contributed by atoms with Crippen LogP contribution in [-0.4, -0.2) is 37.2 Å². The van der Waals surface area contributed by atoms with Gasteiger partial charge >= 0.3 is 17.9 Å². The molecular formula is C58H100O6. The van der Waals surface area contributed by atoms with Crippen molar-refractivity contribution in [2.75, 3.05) is 13.2 Å². The first-order valence-corrected chi connectivity index (χ1v) is 26.9. The zero-order valence-electron chi connectivity index (χ0n) is 42.0. The standard InChI is InChI=1S/C58H100O6/c1-4-7-10-13-16-19-22-24-26-28-29-31-32-34-36-39-42-45-48-51-57(60)63-54-55(53-62-56(59)50-47-44-41-38-21-18-15-12-9-6-3)64-58(61)52-49-46-43-40-37-35-33-30-27-25-23-20-17-14-11-8-5-2/h7,10,12,15-16,19,24,26,29,31,34,36,55H,4-6,8-9,11,13-14,17-18,20-23,25,27-28,30,32-33,35,37-54H2,1-3H3/b10-7-,15-12-,19-16-,26-24-,31-29-,36-34-. The van der Waals surface area contributed by atoms with E-state index in [2.05, 4.69) is 93.7 Å². The molecule has 1 atom stereocenters. The molecule has 0 rings (SSSR count). The quantitative estimate of drug-likeness (QED) is 0.0262. The minimum Gasteiger partial charge on any atom is -0.462 e. The first-order chi connectivity index (χ1) is 31.5. The first-order valence-electron chi connectivity index (χ1n) is 26.9. The van der Waals surface area contributed by atoms with Gasteiger partial charge in [-0.3, -0.25) is 14.4 Å². The SMILES string of the molecule is CC/C=C\C/C=C\C/C=C\C/C=C\C/C=C\CCCCCC(=O)OCC(COC(=O)CCCCCCC/C=C\CCC)OC(=O)CCCCCCCCCCCCCCCCCCC. The maximum absolute atomic E-state index is 12.8. The van der Waals surface area contributed by atoms with Crippen molar-refractivity contribution in [3.05, 3.63) is 72.9 Å². The predicted octanol–water partition coefficient (Wildman–Crippen LogP) is 17.8. The van der Waals surface area contributed by atoms with E-state index in [-0.39, 0.29) is 31.1 Å². The van der Waals surface area contributed by atoms with Crippen molar-refractivity contribution in [2.24, 2.45) is 0 Å². The Labute approximate surface area is 395 Å². The number of carbonyl (C=O) groups is 3. The summed E-state index contributed by atoms with van der Waals surface area (Å²) in [5.74, 6) is -0.926. The van der Waals surface area contributed by atoms with Crippen LogP contribution in [0.1, 0.15) is 258 Å². The molecule has 6 heteroatoms. The Balaban J connectivity index is 4.38. The van der Waals surface area contributed by atoms with Crippen LogP contribution in [-0.2, 0) is 28.6 Å². The number of esters is 3. The van der Waals surface area contributed by atoms with E-state index in [9.17, 15) is 14.4 Å². The molecule has 0 bridgehead atoms. The average Bonchev–Trinajstić information content (AvgIpc) is 3.29. The Morgan fingerprint density at radius 1 is 0.328 bits per heavy atom. The molecule has 0 amide bonds. The molecule has 0 spiro atoms. The molecule has 6 nitrogen and oxygen atoms in total. The number of carbonyl (C=O) groups excluding carboxylic acids is 3. The Bertz CT molecular complexity index is 1210. The topological polar surface area (TPSA) is 78.9 Å². The molecule has 0 aromatic carbocycles. The van der Waals surface area contributed by atoms with Crippen molar-refractivity contribution in [1.29, 1.82) is 0 Å². The highest BCUT2D eigenvalue weighted by Crippen LogP contribution is 2.16. The van der Waals surface area contributed by atoms with Crippen molar-refractivity contribution in [3.8, 4) is 0 Å². The highest BCUT2D eigenvalue weighted by atomic mass is 16.6. The third-order valence-electron chi connectivity index (χ3n) is 11.4. The van der Waals surface area contributed by atoms with E-state index >= 15 is 0 Å². The molecule has 0 heterocycles. The summed E-state index contributed by atoms with van der Waals surface area (Å²) in [7, 11) is 0. The fraction of sp³-hybridized carbons (Fsp3) is 0.741. The summed E-state index contributed by atoms with van der Waals surface area (Å²) in [6, 6.07) is 0. The van der Waals surface area contributed by atoms with Gasteiger partial charge in [0.25, 0.3) is 0 Å². The van der Waals surface area contributed by atoms with Gasteiger partial charge in [-0.1, -0.05) is 229 Å². The van der Waals surface area contributed by atoms with Crippen LogP contribution in [0, 0.1) is 0 Å². The molecule has 0 aromatic heterocycles. The van der Waals surface area contributed by atoms with Crippen LogP contribution < -0.4 is 0 Å². The minimum atomic E-state index is -0.790. The Kier molecular flexibility index (Phi) is 49.9. The summed E-state index contributed by atoms with van der Waals surface area (Å²) in [4.78, 5) is 38.0. The average molecular weight is 893 g/mol. The number of ether oxygens (including phenoxy) is 3. The fourth-order valence-electron chi connectivity index (χ4n) is 7.41. The Morgan fingerprint density at radius 3 is 1.05 bits per heavy atom. The second-order valence-electron chi connectivity index (χ2n) is 17.8. The van der Waals surface area contributed by atoms with Crippen molar-refractivity contribution < 1.29 is 28.6 Å². The van der Waals surface area contributed by atoms with Crippen LogP contribution in [0.25, 0.3) is 0 Å². The van der Waals surface area contributed by atoms with Crippen molar-refractivity contribution >= 4 is 17.9 Å². The molecule has 0 saturated carbocycles. The fourth-order valence-corrected chi connectivity index (χ4v) is 7.41. The lowest BCUT2D eigenvalue weighted by Crippen LogP contribution is -2.30. The van der Waals surface area contributed by atoms with Gasteiger partial charge in [0.2, 0.25) is 0 Å². The summed E-state index contributed by atoms with van der Waals surface area (Å²) in [6.45, 7) is 6.44. The Morgan fingerprint density at radius 2 is 0.641 bits per heavy atom. The largest absolute Gasteiger partial charge is 0.462 e. The monoisotopic (exact) mass is 893 g/mol. The van der Waals surface area contributed by atoms with Gasteiger partial charge in [-0.05, 0) is 83.5 Å². The minimum absolute atomic E-state index is 0.0890. The van der Waals surface area contributed by atoms with Gasteiger partial charge in [0.15, 0.2) is 6.10 Å². The molecule has 0 radical (unpaired) electrons. The summed E-state index contributed by atoms with van der Waals surface area (Å²) in [5, 5.41) is 0. The predicted molar refractivity (Wildman–Crippen MR) is 274 cm³/mol. The van der Waals surface area contributed by atoms with Crippen LogP contribution in [0.2, 0.25) is 0 Å². The van der Waals surface area contributed by atoms with Crippen molar-refractivity contribution in [1.82, 2.24) is 0 Å². The van der Waals surface area contributed by atoms with E-state index in [1.54, 1.807) is 0 Å². The molecule has 0 aliphatic heterocycles.